The lowest BCUT2D eigenvalue weighted by Crippen LogP contribution is -2.39. The third-order valence-electron chi connectivity index (χ3n) is 4.42. The summed E-state index contributed by atoms with van der Waals surface area (Å²) in [5.74, 6) is -0.385. The number of nitrogens with one attached hydrogen (secondary N) is 2. The van der Waals surface area contributed by atoms with Gasteiger partial charge in [-0.1, -0.05) is 56.3 Å². The lowest BCUT2D eigenvalue weighted by atomic mass is 10.1. The van der Waals surface area contributed by atoms with Crippen LogP contribution in [0.2, 0.25) is 0 Å². The number of amides is 2. The molecular weight excluding hydrogens is 338 g/mol. The molecule has 2 N–H and O–H groups in total. The largest absolute Gasteiger partial charge is 0.346 e. The summed E-state index contributed by atoms with van der Waals surface area (Å²) in [7, 11) is 1.89. The van der Waals surface area contributed by atoms with Gasteiger partial charge in [-0.2, -0.15) is 0 Å². The number of likely N-dealkylation sites (N-methyl/N-ethyl adjacent to an activating group) is 1. The van der Waals surface area contributed by atoms with E-state index in [1.807, 2.05) is 43.1 Å². The summed E-state index contributed by atoms with van der Waals surface area (Å²) < 4.78 is 0. The normalized spacial score (nSPS) is 10.7. The third-order valence-corrected chi connectivity index (χ3v) is 4.42. The van der Waals surface area contributed by atoms with Crippen LogP contribution >= 0.6 is 0 Å². The molecule has 27 heavy (non-hydrogen) atoms. The zero-order valence-corrected chi connectivity index (χ0v) is 16.4. The van der Waals surface area contributed by atoms with E-state index in [0.717, 1.165) is 29.7 Å². The molecule has 0 bridgehead atoms. The average molecular weight is 367 g/mol. The summed E-state index contributed by atoms with van der Waals surface area (Å²) in [4.78, 5) is 26.1. The lowest BCUT2D eigenvalue weighted by molar-refractivity contribution is -0.124. The highest BCUT2D eigenvalue weighted by molar-refractivity contribution is 5.95. The molecule has 0 radical (unpaired) electrons. The average Bonchev–Trinajstić information content (AvgIpc) is 2.67. The molecule has 0 saturated carbocycles. The van der Waals surface area contributed by atoms with Gasteiger partial charge in [0.05, 0.1) is 13.1 Å². The molecule has 144 valence electrons. The number of aryl methyl sites for hydroxylation is 2. The van der Waals surface area contributed by atoms with E-state index in [1.165, 1.54) is 5.56 Å². The number of rotatable bonds is 9. The first-order valence-corrected chi connectivity index (χ1v) is 9.42. The van der Waals surface area contributed by atoms with Crippen LogP contribution in [0.3, 0.4) is 0 Å². The fourth-order valence-electron chi connectivity index (χ4n) is 2.87. The zero-order chi connectivity index (χ0) is 19.6. The van der Waals surface area contributed by atoms with Crippen molar-refractivity contribution in [1.82, 2.24) is 10.2 Å². The smallest absolute Gasteiger partial charge is 0.243 e. The summed E-state index contributed by atoms with van der Waals surface area (Å²) in [6.07, 6.45) is 1.86. The Labute approximate surface area is 161 Å². The van der Waals surface area contributed by atoms with Crippen molar-refractivity contribution < 1.29 is 9.59 Å². The molecule has 2 aromatic carbocycles. The molecule has 0 aliphatic heterocycles. The Bertz CT molecular complexity index is 756. The molecule has 0 atom stereocenters. The summed E-state index contributed by atoms with van der Waals surface area (Å²) >= 11 is 0. The fourth-order valence-corrected chi connectivity index (χ4v) is 2.87. The Morgan fingerprint density at radius 1 is 0.889 bits per heavy atom. The van der Waals surface area contributed by atoms with Crippen LogP contribution in [0.25, 0.3) is 0 Å². The van der Waals surface area contributed by atoms with Crippen LogP contribution in [-0.4, -0.2) is 36.9 Å². The van der Waals surface area contributed by atoms with Gasteiger partial charge in [0, 0.05) is 12.2 Å². The van der Waals surface area contributed by atoms with Gasteiger partial charge in [-0.05, 0) is 42.6 Å². The molecule has 2 rings (SSSR count). The van der Waals surface area contributed by atoms with Crippen LogP contribution in [0.15, 0.2) is 48.5 Å². The van der Waals surface area contributed by atoms with Gasteiger partial charge in [-0.25, -0.2) is 0 Å². The second-order valence-corrected chi connectivity index (χ2v) is 6.68. The van der Waals surface area contributed by atoms with Gasteiger partial charge >= 0.3 is 0 Å². The first kappa shape index (κ1) is 20.6. The number of anilines is 1. The number of carbonyl (C=O) groups excluding carboxylic acids is 2. The highest BCUT2D eigenvalue weighted by Gasteiger charge is 2.10. The number of carbonyl (C=O) groups is 2. The molecule has 0 saturated heterocycles. The van der Waals surface area contributed by atoms with Crippen molar-refractivity contribution in [2.45, 2.75) is 33.2 Å². The van der Waals surface area contributed by atoms with E-state index < -0.39 is 0 Å². The van der Waals surface area contributed by atoms with E-state index in [9.17, 15) is 9.59 Å². The monoisotopic (exact) mass is 367 g/mol. The third kappa shape index (κ3) is 6.87. The number of nitrogens with zero attached hydrogens (tertiary/aromatic N) is 1. The van der Waals surface area contributed by atoms with Crippen LogP contribution in [0.1, 0.15) is 30.5 Å². The van der Waals surface area contributed by atoms with E-state index in [2.05, 4.69) is 41.8 Å². The maximum Gasteiger partial charge on any atom is 0.243 e. The molecular formula is C22H29N3O2. The van der Waals surface area contributed by atoms with Crippen LogP contribution in [-0.2, 0) is 29.0 Å². The molecule has 0 aromatic heterocycles. The minimum absolute atomic E-state index is 0.0318. The maximum atomic E-state index is 12.1. The Hall–Kier alpha value is -2.66. The van der Waals surface area contributed by atoms with Crippen molar-refractivity contribution in [2.24, 2.45) is 0 Å². The minimum atomic E-state index is -0.220. The molecule has 0 unspecified atom stereocenters. The summed E-state index contributed by atoms with van der Waals surface area (Å²) in [6, 6.07) is 16.1. The molecule has 0 aliphatic carbocycles. The van der Waals surface area contributed by atoms with Crippen LogP contribution in [0.4, 0.5) is 5.69 Å². The van der Waals surface area contributed by atoms with Gasteiger partial charge in [0.15, 0.2) is 0 Å². The fraction of sp³-hybridized carbons (Fsp3) is 0.364. The number of benzene rings is 2. The van der Waals surface area contributed by atoms with E-state index in [-0.39, 0.29) is 24.9 Å². The van der Waals surface area contributed by atoms with Crippen molar-refractivity contribution >= 4 is 17.5 Å². The summed E-state index contributed by atoms with van der Waals surface area (Å²) in [5.41, 5.74) is 4.34. The Morgan fingerprint density at radius 3 is 2.22 bits per heavy atom. The predicted molar refractivity (Wildman–Crippen MR) is 110 cm³/mol. The topological polar surface area (TPSA) is 61.4 Å². The van der Waals surface area contributed by atoms with Gasteiger partial charge in [0.1, 0.15) is 0 Å². The second-order valence-electron chi connectivity index (χ2n) is 6.68. The SMILES string of the molecule is CCc1ccc(CN(C)CC(=O)NCC(=O)Nc2ccccc2CC)cc1. The first-order chi connectivity index (χ1) is 13.0. The van der Waals surface area contributed by atoms with Gasteiger partial charge < -0.3 is 10.6 Å². The standard InChI is InChI=1S/C22H29N3O2/c1-4-17-10-12-18(13-11-17)15-25(3)16-22(27)23-14-21(26)24-20-9-7-6-8-19(20)5-2/h6-13H,4-5,14-16H2,1-3H3,(H,23,27)(H,24,26). The molecule has 0 fully saturated rings. The van der Waals surface area contributed by atoms with Crippen LogP contribution in [0, 0.1) is 0 Å². The maximum absolute atomic E-state index is 12.1. The van der Waals surface area contributed by atoms with Crippen molar-refractivity contribution in [1.29, 1.82) is 0 Å². The highest BCUT2D eigenvalue weighted by Crippen LogP contribution is 2.15. The van der Waals surface area contributed by atoms with Crippen molar-refractivity contribution in [3.63, 3.8) is 0 Å². The molecule has 0 aliphatic rings. The molecule has 2 amide bonds. The number of hydrogen-bond donors (Lipinski definition) is 2. The first-order valence-electron chi connectivity index (χ1n) is 9.42. The summed E-state index contributed by atoms with van der Waals surface area (Å²) in [6.45, 7) is 5.07. The Morgan fingerprint density at radius 2 is 1.56 bits per heavy atom. The highest BCUT2D eigenvalue weighted by atomic mass is 16.2. The minimum Gasteiger partial charge on any atom is -0.346 e. The quantitative estimate of drug-likeness (QED) is 0.716. The van der Waals surface area contributed by atoms with Crippen molar-refractivity contribution in [3.8, 4) is 0 Å². The number of hydrogen-bond acceptors (Lipinski definition) is 3. The molecule has 0 spiro atoms. The lowest BCUT2D eigenvalue weighted by Gasteiger charge is -2.16. The van der Waals surface area contributed by atoms with Gasteiger partial charge in [0.2, 0.25) is 11.8 Å². The van der Waals surface area contributed by atoms with E-state index in [0.29, 0.717) is 6.54 Å². The Balaban J connectivity index is 1.75. The molecule has 5 heteroatoms. The molecule has 2 aromatic rings. The number of para-hydroxylation sites is 1. The predicted octanol–water partition coefficient (Wildman–Crippen LogP) is 3.00. The summed E-state index contributed by atoms with van der Waals surface area (Å²) in [5, 5.41) is 5.54. The van der Waals surface area contributed by atoms with E-state index in [4.69, 9.17) is 0 Å². The Kier molecular flexibility index (Phi) is 8.01. The molecule has 5 nitrogen and oxygen atoms in total. The van der Waals surface area contributed by atoms with Crippen molar-refractivity contribution in [2.75, 3.05) is 25.5 Å². The van der Waals surface area contributed by atoms with Crippen LogP contribution in [0.5, 0.6) is 0 Å². The van der Waals surface area contributed by atoms with E-state index in [1.54, 1.807) is 0 Å². The van der Waals surface area contributed by atoms with Gasteiger partial charge in [0.25, 0.3) is 0 Å². The van der Waals surface area contributed by atoms with E-state index >= 15 is 0 Å². The van der Waals surface area contributed by atoms with Crippen molar-refractivity contribution in [3.05, 3.63) is 65.2 Å². The molecule has 0 heterocycles. The van der Waals surface area contributed by atoms with Gasteiger partial charge in [-0.3, -0.25) is 14.5 Å². The zero-order valence-electron chi connectivity index (χ0n) is 16.4. The van der Waals surface area contributed by atoms with Gasteiger partial charge in [-0.15, -0.1) is 0 Å². The van der Waals surface area contributed by atoms with Crippen LogP contribution < -0.4 is 10.6 Å². The second kappa shape index (κ2) is 10.5.